The maximum Gasteiger partial charge on any atom is 0.266 e. The first-order chi connectivity index (χ1) is 8.16. The van der Waals surface area contributed by atoms with Crippen LogP contribution >= 0.6 is 22.9 Å². The molecule has 0 aromatic carbocycles. The van der Waals surface area contributed by atoms with Crippen LogP contribution in [0.5, 0.6) is 0 Å². The lowest BCUT2D eigenvalue weighted by atomic mass is 10.0. The number of aryl methyl sites for hydroxylation is 1. The van der Waals surface area contributed by atoms with E-state index < -0.39 is 0 Å². The first kappa shape index (κ1) is 11.5. The van der Waals surface area contributed by atoms with Crippen LogP contribution in [0.15, 0.2) is 5.51 Å². The topological polar surface area (TPSA) is 33.2 Å². The van der Waals surface area contributed by atoms with Crippen LogP contribution in [0, 0.1) is 6.92 Å². The van der Waals surface area contributed by atoms with Crippen LogP contribution in [0.2, 0.25) is 0 Å². The molecule has 3 nitrogen and oxygen atoms in total. The van der Waals surface area contributed by atoms with Gasteiger partial charge in [-0.2, -0.15) is 0 Å². The van der Waals surface area contributed by atoms with E-state index in [1.54, 1.807) is 5.51 Å². The van der Waals surface area contributed by atoms with Gasteiger partial charge in [0.25, 0.3) is 5.91 Å². The zero-order chi connectivity index (χ0) is 12.0. The molecule has 2 atom stereocenters. The zero-order valence-corrected chi connectivity index (χ0v) is 11.3. The molecule has 2 unspecified atom stereocenters. The minimum absolute atomic E-state index is 0.168. The number of halogens is 1. The summed E-state index contributed by atoms with van der Waals surface area (Å²) >= 11 is 7.67. The summed E-state index contributed by atoms with van der Waals surface area (Å²) in [5, 5.41) is 0.249. The highest BCUT2D eigenvalue weighted by Crippen LogP contribution is 2.39. The van der Waals surface area contributed by atoms with Gasteiger partial charge >= 0.3 is 0 Å². The number of amides is 1. The summed E-state index contributed by atoms with van der Waals surface area (Å²) in [6, 6.07) is 0.704. The van der Waals surface area contributed by atoms with Crippen molar-refractivity contribution in [3.8, 4) is 0 Å². The number of piperidine rings is 1. The number of alkyl halides is 1. The molecule has 2 bridgehead atoms. The highest BCUT2D eigenvalue weighted by Gasteiger charge is 2.43. The monoisotopic (exact) mass is 270 g/mol. The third-order valence-corrected chi connectivity index (χ3v) is 5.12. The van der Waals surface area contributed by atoms with Crippen LogP contribution in [0.1, 0.15) is 41.0 Å². The second-order valence-electron chi connectivity index (χ2n) is 4.93. The van der Waals surface area contributed by atoms with Crippen LogP contribution in [0.25, 0.3) is 0 Å². The number of hydrogen-bond donors (Lipinski definition) is 0. The van der Waals surface area contributed by atoms with E-state index in [4.69, 9.17) is 11.6 Å². The zero-order valence-electron chi connectivity index (χ0n) is 9.73. The Morgan fingerprint density at radius 3 is 2.65 bits per heavy atom. The number of rotatable bonds is 1. The standard InChI is InChI=1S/C12H15ClN2OS/c1-7-11(17-6-14-7)12(16)15-9-2-3-10(15)5-8(13)4-9/h6,8-10H,2-5H2,1H3. The molecule has 3 rings (SSSR count). The van der Waals surface area contributed by atoms with E-state index in [0.717, 1.165) is 36.3 Å². The van der Waals surface area contributed by atoms with Crippen LogP contribution in [-0.2, 0) is 0 Å². The Balaban J connectivity index is 1.86. The summed E-state index contributed by atoms with van der Waals surface area (Å²) in [6.45, 7) is 1.90. The molecule has 92 valence electrons. The second-order valence-corrected chi connectivity index (χ2v) is 6.40. The van der Waals surface area contributed by atoms with Gasteiger partial charge in [-0.15, -0.1) is 22.9 Å². The Morgan fingerprint density at radius 1 is 1.47 bits per heavy atom. The van der Waals surface area contributed by atoms with Crippen molar-refractivity contribution in [2.45, 2.75) is 50.1 Å². The van der Waals surface area contributed by atoms with E-state index in [0.29, 0.717) is 12.1 Å². The van der Waals surface area contributed by atoms with Gasteiger partial charge in [-0.05, 0) is 32.6 Å². The van der Waals surface area contributed by atoms with Crippen molar-refractivity contribution in [3.63, 3.8) is 0 Å². The van der Waals surface area contributed by atoms with Crippen LogP contribution in [-0.4, -0.2) is 33.3 Å². The summed E-state index contributed by atoms with van der Waals surface area (Å²) < 4.78 is 0. The molecular formula is C12H15ClN2OS. The quantitative estimate of drug-likeness (QED) is 0.735. The lowest BCUT2D eigenvalue weighted by molar-refractivity contribution is 0.0603. The molecule has 1 aromatic heterocycles. The average molecular weight is 271 g/mol. The molecule has 2 saturated heterocycles. The van der Waals surface area contributed by atoms with Gasteiger partial charge in [0, 0.05) is 17.5 Å². The molecule has 3 heterocycles. The summed E-state index contributed by atoms with van der Waals surface area (Å²) in [4.78, 5) is 19.5. The summed E-state index contributed by atoms with van der Waals surface area (Å²) in [5.74, 6) is 0.168. The maximum atomic E-state index is 12.5. The maximum absolute atomic E-state index is 12.5. The number of thiazole rings is 1. The van der Waals surface area contributed by atoms with E-state index in [1.165, 1.54) is 11.3 Å². The van der Waals surface area contributed by atoms with Gasteiger partial charge in [-0.3, -0.25) is 4.79 Å². The SMILES string of the molecule is Cc1ncsc1C(=O)N1C2CCC1CC(Cl)C2. The lowest BCUT2D eigenvalue weighted by Crippen LogP contribution is -2.46. The highest BCUT2D eigenvalue weighted by molar-refractivity contribution is 7.11. The molecule has 0 aliphatic carbocycles. The van der Waals surface area contributed by atoms with Gasteiger partial charge in [-0.25, -0.2) is 4.98 Å². The van der Waals surface area contributed by atoms with Crippen molar-refractivity contribution in [1.29, 1.82) is 0 Å². The molecule has 0 radical (unpaired) electrons. The molecule has 1 amide bonds. The Labute approximate surface area is 110 Å². The summed E-state index contributed by atoms with van der Waals surface area (Å²) in [5.41, 5.74) is 2.60. The minimum atomic E-state index is 0.168. The van der Waals surface area contributed by atoms with Crippen LogP contribution in [0.4, 0.5) is 0 Å². The van der Waals surface area contributed by atoms with E-state index in [2.05, 4.69) is 9.88 Å². The number of aromatic nitrogens is 1. The number of carbonyl (C=O) groups is 1. The van der Waals surface area contributed by atoms with E-state index >= 15 is 0 Å². The van der Waals surface area contributed by atoms with Crippen molar-refractivity contribution < 1.29 is 4.79 Å². The first-order valence-electron chi connectivity index (χ1n) is 6.03. The molecule has 5 heteroatoms. The number of carbonyl (C=O) groups excluding carboxylic acids is 1. The summed E-state index contributed by atoms with van der Waals surface area (Å²) in [6.07, 6.45) is 4.11. The number of nitrogens with zero attached hydrogens (tertiary/aromatic N) is 2. The molecule has 1 aromatic rings. The first-order valence-corrected chi connectivity index (χ1v) is 7.35. The third kappa shape index (κ3) is 1.87. The van der Waals surface area contributed by atoms with Crippen molar-refractivity contribution >= 4 is 28.8 Å². The largest absolute Gasteiger partial charge is 0.332 e. The molecule has 0 spiro atoms. The molecule has 17 heavy (non-hydrogen) atoms. The Hall–Kier alpha value is -0.610. The fourth-order valence-electron chi connectivity index (χ4n) is 3.07. The van der Waals surface area contributed by atoms with E-state index in [9.17, 15) is 4.79 Å². The van der Waals surface area contributed by atoms with Crippen molar-refractivity contribution in [2.75, 3.05) is 0 Å². The second kappa shape index (κ2) is 4.25. The smallest absolute Gasteiger partial charge is 0.266 e. The number of fused-ring (bicyclic) bond motifs is 2. The van der Waals surface area contributed by atoms with Gasteiger partial charge in [0.15, 0.2) is 0 Å². The van der Waals surface area contributed by atoms with Gasteiger partial charge in [0.2, 0.25) is 0 Å². The molecular weight excluding hydrogens is 256 g/mol. The fraction of sp³-hybridized carbons (Fsp3) is 0.667. The van der Waals surface area contributed by atoms with Gasteiger partial charge in [0.05, 0.1) is 11.2 Å². The van der Waals surface area contributed by atoms with Crippen molar-refractivity contribution in [1.82, 2.24) is 9.88 Å². The molecule has 2 fully saturated rings. The van der Waals surface area contributed by atoms with E-state index in [1.807, 2.05) is 6.92 Å². The van der Waals surface area contributed by atoms with E-state index in [-0.39, 0.29) is 11.3 Å². The van der Waals surface area contributed by atoms with Gasteiger partial charge in [-0.1, -0.05) is 0 Å². The molecule has 2 aliphatic rings. The van der Waals surface area contributed by atoms with Gasteiger partial charge < -0.3 is 4.90 Å². The predicted octanol–water partition coefficient (Wildman–Crippen LogP) is 2.83. The lowest BCUT2D eigenvalue weighted by Gasteiger charge is -2.36. The average Bonchev–Trinajstić information content (AvgIpc) is 2.81. The Morgan fingerprint density at radius 2 is 2.12 bits per heavy atom. The van der Waals surface area contributed by atoms with Gasteiger partial charge in [0.1, 0.15) is 4.88 Å². The molecule has 0 N–H and O–H groups in total. The van der Waals surface area contributed by atoms with Crippen LogP contribution in [0.3, 0.4) is 0 Å². The Bertz CT molecular complexity index is 433. The van der Waals surface area contributed by atoms with Crippen LogP contribution < -0.4 is 0 Å². The van der Waals surface area contributed by atoms with Crippen molar-refractivity contribution in [3.05, 3.63) is 16.1 Å². The van der Waals surface area contributed by atoms with Crippen molar-refractivity contribution in [2.24, 2.45) is 0 Å². The Kier molecular flexibility index (Phi) is 2.87. The minimum Gasteiger partial charge on any atom is -0.332 e. The fourth-order valence-corrected chi connectivity index (χ4v) is 4.22. The molecule has 0 saturated carbocycles. The molecule has 2 aliphatic heterocycles. The number of hydrogen-bond acceptors (Lipinski definition) is 3. The highest BCUT2D eigenvalue weighted by atomic mass is 35.5. The normalized spacial score (nSPS) is 31.9. The third-order valence-electron chi connectivity index (χ3n) is 3.85. The predicted molar refractivity (Wildman–Crippen MR) is 68.7 cm³/mol. The summed E-state index contributed by atoms with van der Waals surface area (Å²) in [7, 11) is 0.